The van der Waals surface area contributed by atoms with E-state index in [9.17, 15) is 0 Å². The molecule has 0 aromatic heterocycles. The fourth-order valence-corrected chi connectivity index (χ4v) is 1.24. The maximum Gasteiger partial charge on any atom is 0.00674 e. The Bertz CT molecular complexity index is 70.5. The second-order valence-corrected chi connectivity index (χ2v) is 3.03. The SMILES string of the molecule is CC1NC[C@@H](C)C1C. The molecule has 8 heavy (non-hydrogen) atoms. The highest BCUT2D eigenvalue weighted by molar-refractivity contribution is 4.81. The molecule has 0 bridgehead atoms. The van der Waals surface area contributed by atoms with Gasteiger partial charge in [-0.3, -0.25) is 0 Å². The molecule has 0 spiro atoms. The Labute approximate surface area is 51.5 Å². The third-order valence-electron chi connectivity index (χ3n) is 2.45. The van der Waals surface area contributed by atoms with Crippen LogP contribution in [0.15, 0.2) is 0 Å². The van der Waals surface area contributed by atoms with Gasteiger partial charge in [0.15, 0.2) is 0 Å². The van der Waals surface area contributed by atoms with E-state index in [1.54, 1.807) is 0 Å². The smallest absolute Gasteiger partial charge is 0.00674 e. The van der Waals surface area contributed by atoms with Crippen molar-refractivity contribution in [2.24, 2.45) is 11.8 Å². The summed E-state index contributed by atoms with van der Waals surface area (Å²) in [5, 5.41) is 3.42. The lowest BCUT2D eigenvalue weighted by Crippen LogP contribution is -2.20. The fraction of sp³-hybridized carbons (Fsp3) is 1.00. The molecule has 1 nitrogen and oxygen atoms in total. The number of rotatable bonds is 0. The van der Waals surface area contributed by atoms with Crippen molar-refractivity contribution in [3.63, 3.8) is 0 Å². The van der Waals surface area contributed by atoms with Crippen LogP contribution in [0.1, 0.15) is 20.8 Å². The lowest BCUT2D eigenvalue weighted by molar-refractivity contribution is 0.436. The molecule has 1 rings (SSSR count). The van der Waals surface area contributed by atoms with E-state index in [0.29, 0.717) is 0 Å². The Morgan fingerprint density at radius 1 is 1.25 bits per heavy atom. The molecule has 48 valence electrons. The van der Waals surface area contributed by atoms with Crippen molar-refractivity contribution in [1.82, 2.24) is 5.32 Å². The van der Waals surface area contributed by atoms with Gasteiger partial charge in [-0.25, -0.2) is 0 Å². The number of hydrogen-bond donors (Lipinski definition) is 1. The van der Waals surface area contributed by atoms with Gasteiger partial charge in [0.2, 0.25) is 0 Å². The van der Waals surface area contributed by atoms with E-state index in [1.807, 2.05) is 0 Å². The standard InChI is InChI=1S/C7H15N/c1-5-4-8-7(3)6(5)2/h5-8H,4H2,1-3H3/t5-,6?,7?/m1/s1. The Balaban J connectivity index is 2.44. The van der Waals surface area contributed by atoms with E-state index in [-0.39, 0.29) is 0 Å². The largest absolute Gasteiger partial charge is 0.314 e. The van der Waals surface area contributed by atoms with Crippen LogP contribution < -0.4 is 5.32 Å². The van der Waals surface area contributed by atoms with E-state index in [4.69, 9.17) is 0 Å². The monoisotopic (exact) mass is 113 g/mol. The topological polar surface area (TPSA) is 12.0 Å². The highest BCUT2D eigenvalue weighted by Gasteiger charge is 2.24. The molecule has 0 aliphatic carbocycles. The summed E-state index contributed by atoms with van der Waals surface area (Å²) in [5.41, 5.74) is 0. The molecule has 1 aliphatic heterocycles. The van der Waals surface area contributed by atoms with Crippen LogP contribution in [0.3, 0.4) is 0 Å². The molecule has 0 aromatic rings. The predicted molar refractivity (Wildman–Crippen MR) is 35.8 cm³/mol. The van der Waals surface area contributed by atoms with Gasteiger partial charge in [0.1, 0.15) is 0 Å². The van der Waals surface area contributed by atoms with Gasteiger partial charge in [-0.05, 0) is 25.3 Å². The molecule has 1 fully saturated rings. The zero-order chi connectivity index (χ0) is 6.15. The molecule has 1 aliphatic rings. The first-order valence-electron chi connectivity index (χ1n) is 3.45. The average Bonchev–Trinajstić information content (AvgIpc) is 1.98. The minimum atomic E-state index is 0.741. The summed E-state index contributed by atoms with van der Waals surface area (Å²) in [6.07, 6.45) is 0. The first kappa shape index (κ1) is 6.09. The summed E-state index contributed by atoms with van der Waals surface area (Å²) in [4.78, 5) is 0. The molecule has 1 saturated heterocycles. The van der Waals surface area contributed by atoms with Crippen LogP contribution in [0.5, 0.6) is 0 Å². The van der Waals surface area contributed by atoms with Crippen molar-refractivity contribution in [1.29, 1.82) is 0 Å². The van der Waals surface area contributed by atoms with E-state index < -0.39 is 0 Å². The highest BCUT2D eigenvalue weighted by Crippen LogP contribution is 2.19. The molecule has 1 heterocycles. The first-order chi connectivity index (χ1) is 3.72. The molecular formula is C7H15N. The van der Waals surface area contributed by atoms with E-state index in [1.165, 1.54) is 6.54 Å². The molecular weight excluding hydrogens is 98.1 g/mol. The first-order valence-corrected chi connectivity index (χ1v) is 3.45. The molecule has 0 radical (unpaired) electrons. The maximum atomic E-state index is 3.42. The third-order valence-corrected chi connectivity index (χ3v) is 2.45. The van der Waals surface area contributed by atoms with Crippen molar-refractivity contribution in [2.75, 3.05) is 6.54 Å². The second kappa shape index (κ2) is 2.06. The van der Waals surface area contributed by atoms with Gasteiger partial charge in [-0.2, -0.15) is 0 Å². The minimum Gasteiger partial charge on any atom is -0.314 e. The lowest BCUT2D eigenvalue weighted by atomic mass is 9.95. The summed E-state index contributed by atoms with van der Waals surface area (Å²) >= 11 is 0. The van der Waals surface area contributed by atoms with Gasteiger partial charge in [-0.15, -0.1) is 0 Å². The molecule has 3 atom stereocenters. The van der Waals surface area contributed by atoms with Crippen molar-refractivity contribution >= 4 is 0 Å². The zero-order valence-electron chi connectivity index (χ0n) is 5.94. The van der Waals surface area contributed by atoms with Crippen molar-refractivity contribution in [3.8, 4) is 0 Å². The molecule has 0 aromatic carbocycles. The van der Waals surface area contributed by atoms with Gasteiger partial charge >= 0.3 is 0 Å². The Morgan fingerprint density at radius 3 is 2.00 bits per heavy atom. The van der Waals surface area contributed by atoms with Gasteiger partial charge < -0.3 is 5.32 Å². The molecule has 1 N–H and O–H groups in total. The van der Waals surface area contributed by atoms with Crippen LogP contribution >= 0.6 is 0 Å². The zero-order valence-corrected chi connectivity index (χ0v) is 5.94. The van der Waals surface area contributed by atoms with Crippen LogP contribution in [0.2, 0.25) is 0 Å². The van der Waals surface area contributed by atoms with Gasteiger partial charge in [0.05, 0.1) is 0 Å². The van der Waals surface area contributed by atoms with Crippen LogP contribution in [0, 0.1) is 11.8 Å². The lowest BCUT2D eigenvalue weighted by Gasteiger charge is -2.10. The van der Waals surface area contributed by atoms with Crippen molar-refractivity contribution in [2.45, 2.75) is 26.8 Å². The summed E-state index contributed by atoms with van der Waals surface area (Å²) in [5.74, 6) is 1.75. The summed E-state index contributed by atoms with van der Waals surface area (Å²) in [6, 6.07) is 0.741. The minimum absolute atomic E-state index is 0.741. The molecule has 1 heteroatoms. The number of hydrogen-bond acceptors (Lipinski definition) is 1. The van der Waals surface area contributed by atoms with Crippen LogP contribution in [-0.2, 0) is 0 Å². The van der Waals surface area contributed by atoms with Gasteiger partial charge in [0.25, 0.3) is 0 Å². The van der Waals surface area contributed by atoms with Crippen LogP contribution in [0.25, 0.3) is 0 Å². The van der Waals surface area contributed by atoms with Gasteiger partial charge in [0, 0.05) is 6.04 Å². The average molecular weight is 113 g/mol. The quantitative estimate of drug-likeness (QED) is 0.498. The molecule has 0 amide bonds. The van der Waals surface area contributed by atoms with Crippen LogP contribution in [-0.4, -0.2) is 12.6 Å². The fourth-order valence-electron chi connectivity index (χ4n) is 1.24. The maximum absolute atomic E-state index is 3.42. The Morgan fingerprint density at radius 2 is 1.88 bits per heavy atom. The predicted octanol–water partition coefficient (Wildman–Crippen LogP) is 1.25. The molecule has 2 unspecified atom stereocenters. The van der Waals surface area contributed by atoms with Crippen LogP contribution in [0.4, 0.5) is 0 Å². The summed E-state index contributed by atoms with van der Waals surface area (Å²) in [6.45, 7) is 8.09. The third kappa shape index (κ3) is 0.873. The van der Waals surface area contributed by atoms with Crippen molar-refractivity contribution in [3.05, 3.63) is 0 Å². The molecule has 0 saturated carbocycles. The van der Waals surface area contributed by atoms with E-state index >= 15 is 0 Å². The van der Waals surface area contributed by atoms with E-state index in [2.05, 4.69) is 26.1 Å². The second-order valence-electron chi connectivity index (χ2n) is 3.03. The van der Waals surface area contributed by atoms with Gasteiger partial charge in [-0.1, -0.05) is 13.8 Å². The normalized spacial score (nSPS) is 47.6. The van der Waals surface area contributed by atoms with Crippen molar-refractivity contribution < 1.29 is 0 Å². The summed E-state index contributed by atoms with van der Waals surface area (Å²) in [7, 11) is 0. The van der Waals surface area contributed by atoms with E-state index in [0.717, 1.165) is 17.9 Å². The summed E-state index contributed by atoms with van der Waals surface area (Å²) < 4.78 is 0. The Kier molecular flexibility index (Phi) is 1.57. The Hall–Kier alpha value is -0.0400. The highest BCUT2D eigenvalue weighted by atomic mass is 14.9. The number of nitrogens with one attached hydrogen (secondary N) is 1.